The number of amides is 1. The van der Waals surface area contributed by atoms with E-state index in [1.165, 1.54) is 11.3 Å². The van der Waals surface area contributed by atoms with Gasteiger partial charge in [0.2, 0.25) is 0 Å². The van der Waals surface area contributed by atoms with Crippen molar-refractivity contribution in [3.05, 3.63) is 64.9 Å². The monoisotopic (exact) mass is 413 g/mol. The maximum absolute atomic E-state index is 12.7. The highest BCUT2D eigenvalue weighted by molar-refractivity contribution is 7.17. The van der Waals surface area contributed by atoms with Gasteiger partial charge in [-0.1, -0.05) is 30.3 Å². The normalized spacial score (nSPS) is 11.8. The molecule has 2 aromatic heterocycles. The zero-order chi connectivity index (χ0) is 20.8. The molecular weight excluding hydrogens is 388 g/mol. The zero-order valence-electron chi connectivity index (χ0n) is 16.8. The number of benzene rings is 1. The van der Waals surface area contributed by atoms with E-state index in [4.69, 9.17) is 9.15 Å². The maximum Gasteiger partial charge on any atom is 0.341 e. The summed E-state index contributed by atoms with van der Waals surface area (Å²) in [4.78, 5) is 27.3. The molecule has 0 aliphatic rings. The summed E-state index contributed by atoms with van der Waals surface area (Å²) in [5.41, 5.74) is 2.14. The van der Waals surface area contributed by atoms with Gasteiger partial charge in [0.05, 0.1) is 19.9 Å². The quantitative estimate of drug-likeness (QED) is 0.557. The van der Waals surface area contributed by atoms with Crippen LogP contribution in [0.1, 0.15) is 27.9 Å². The SMILES string of the molecule is CCOC(=O)c1c(NC(=O)C[NH+](C)Cc2ccco2)sc(C)c1-c1ccccc1. The van der Waals surface area contributed by atoms with E-state index in [-0.39, 0.29) is 19.1 Å². The van der Waals surface area contributed by atoms with Gasteiger partial charge in [0.15, 0.2) is 12.3 Å². The van der Waals surface area contributed by atoms with E-state index in [0.29, 0.717) is 17.1 Å². The summed E-state index contributed by atoms with van der Waals surface area (Å²) >= 11 is 1.39. The molecule has 7 heteroatoms. The molecule has 0 spiro atoms. The molecule has 0 aliphatic carbocycles. The predicted octanol–water partition coefficient (Wildman–Crippen LogP) is 3.15. The molecule has 1 unspecified atom stereocenters. The van der Waals surface area contributed by atoms with Crippen LogP contribution in [0.5, 0.6) is 0 Å². The van der Waals surface area contributed by atoms with Gasteiger partial charge < -0.3 is 19.4 Å². The molecule has 3 rings (SSSR count). The summed E-state index contributed by atoms with van der Waals surface area (Å²) in [6.07, 6.45) is 1.62. The number of aryl methyl sites for hydroxylation is 1. The number of esters is 1. The van der Waals surface area contributed by atoms with Crippen molar-refractivity contribution in [1.29, 1.82) is 0 Å². The molecule has 2 N–H and O–H groups in total. The fourth-order valence-electron chi connectivity index (χ4n) is 3.20. The minimum absolute atomic E-state index is 0.166. The third-order valence-electron chi connectivity index (χ3n) is 4.40. The minimum atomic E-state index is -0.428. The second-order valence-electron chi connectivity index (χ2n) is 6.76. The molecule has 3 aromatic rings. The zero-order valence-corrected chi connectivity index (χ0v) is 17.6. The number of nitrogens with one attached hydrogen (secondary N) is 2. The molecule has 0 aliphatic heterocycles. The lowest BCUT2D eigenvalue weighted by molar-refractivity contribution is -0.886. The number of anilines is 1. The lowest BCUT2D eigenvalue weighted by Gasteiger charge is -2.13. The number of thiophene rings is 1. The van der Waals surface area contributed by atoms with E-state index in [9.17, 15) is 9.59 Å². The highest BCUT2D eigenvalue weighted by Crippen LogP contribution is 2.40. The second-order valence-corrected chi connectivity index (χ2v) is 7.99. The molecule has 152 valence electrons. The van der Waals surface area contributed by atoms with Crippen molar-refractivity contribution in [3.63, 3.8) is 0 Å². The number of furan rings is 1. The first-order valence-corrected chi connectivity index (χ1v) is 10.3. The first-order chi connectivity index (χ1) is 14.0. The van der Waals surface area contributed by atoms with Crippen LogP contribution in [0.2, 0.25) is 0 Å². The fraction of sp³-hybridized carbons (Fsp3) is 0.273. The number of ether oxygens (including phenoxy) is 1. The van der Waals surface area contributed by atoms with Crippen molar-refractivity contribution in [2.45, 2.75) is 20.4 Å². The molecule has 0 saturated heterocycles. The van der Waals surface area contributed by atoms with Crippen LogP contribution in [0.4, 0.5) is 5.00 Å². The van der Waals surface area contributed by atoms with Crippen molar-refractivity contribution >= 4 is 28.2 Å². The summed E-state index contributed by atoms with van der Waals surface area (Å²) in [7, 11) is 1.92. The molecular formula is C22H25N2O4S+. The van der Waals surface area contributed by atoms with Gasteiger partial charge in [-0.05, 0) is 31.5 Å². The fourth-order valence-corrected chi connectivity index (χ4v) is 4.28. The van der Waals surface area contributed by atoms with Crippen LogP contribution >= 0.6 is 11.3 Å². The molecule has 0 bridgehead atoms. The number of rotatable bonds is 8. The Balaban J connectivity index is 1.82. The summed E-state index contributed by atoms with van der Waals surface area (Å²) in [6.45, 7) is 4.83. The van der Waals surface area contributed by atoms with Gasteiger partial charge in [-0.15, -0.1) is 11.3 Å². The van der Waals surface area contributed by atoms with Gasteiger partial charge in [-0.25, -0.2) is 4.79 Å². The highest BCUT2D eigenvalue weighted by Gasteiger charge is 2.26. The van der Waals surface area contributed by atoms with E-state index >= 15 is 0 Å². The van der Waals surface area contributed by atoms with Crippen molar-refractivity contribution in [3.8, 4) is 11.1 Å². The smallest absolute Gasteiger partial charge is 0.341 e. The summed E-state index contributed by atoms with van der Waals surface area (Å²) in [5.74, 6) is 0.226. The molecule has 0 fully saturated rings. The average molecular weight is 414 g/mol. The lowest BCUT2D eigenvalue weighted by atomic mass is 10.0. The molecule has 1 atom stereocenters. The standard InChI is InChI=1S/C22H24N2O4S/c1-4-27-22(26)20-19(16-9-6-5-7-10-16)15(2)29-21(20)23-18(25)14-24(3)13-17-11-8-12-28-17/h5-12H,4,13-14H2,1-3H3,(H,23,25)/p+1. The number of quaternary nitrogens is 1. The van der Waals surface area contributed by atoms with Crippen LogP contribution in [0.15, 0.2) is 53.1 Å². The van der Waals surface area contributed by atoms with Crippen LogP contribution in [-0.4, -0.2) is 32.1 Å². The number of carbonyl (C=O) groups excluding carboxylic acids is 2. The number of likely N-dealkylation sites (N-methyl/N-ethyl adjacent to an activating group) is 1. The predicted molar refractivity (Wildman–Crippen MR) is 113 cm³/mol. The molecule has 29 heavy (non-hydrogen) atoms. The maximum atomic E-state index is 12.7. The van der Waals surface area contributed by atoms with Crippen molar-refractivity contribution < 1.29 is 23.6 Å². The molecule has 0 saturated carbocycles. The van der Waals surface area contributed by atoms with Crippen LogP contribution in [0.25, 0.3) is 11.1 Å². The summed E-state index contributed by atoms with van der Waals surface area (Å²) in [6, 6.07) is 13.4. The molecule has 2 heterocycles. The topological polar surface area (TPSA) is 73.0 Å². The Morgan fingerprint density at radius 2 is 1.93 bits per heavy atom. The minimum Gasteiger partial charge on any atom is -0.463 e. The van der Waals surface area contributed by atoms with Crippen molar-refractivity contribution in [1.82, 2.24) is 0 Å². The molecule has 1 aromatic carbocycles. The average Bonchev–Trinajstić information content (AvgIpc) is 3.29. The molecule has 0 radical (unpaired) electrons. The summed E-state index contributed by atoms with van der Waals surface area (Å²) < 4.78 is 10.6. The van der Waals surface area contributed by atoms with Gasteiger partial charge in [0, 0.05) is 10.4 Å². The van der Waals surface area contributed by atoms with Crippen molar-refractivity contribution in [2.24, 2.45) is 0 Å². The Morgan fingerprint density at radius 1 is 1.17 bits per heavy atom. The Bertz CT molecular complexity index is 964. The van der Waals surface area contributed by atoms with Gasteiger partial charge >= 0.3 is 5.97 Å². The Morgan fingerprint density at radius 3 is 2.59 bits per heavy atom. The first-order valence-electron chi connectivity index (χ1n) is 9.49. The first kappa shape index (κ1) is 20.8. The third kappa shape index (κ3) is 5.13. The van der Waals surface area contributed by atoms with E-state index in [2.05, 4.69) is 5.32 Å². The van der Waals surface area contributed by atoms with Gasteiger partial charge in [-0.2, -0.15) is 0 Å². The lowest BCUT2D eigenvalue weighted by Crippen LogP contribution is -3.08. The van der Waals surface area contributed by atoms with Crippen LogP contribution < -0.4 is 10.2 Å². The molecule has 6 nitrogen and oxygen atoms in total. The Hall–Kier alpha value is -2.90. The van der Waals surface area contributed by atoms with E-state index in [1.807, 2.05) is 56.4 Å². The largest absolute Gasteiger partial charge is 0.463 e. The Kier molecular flexibility index (Phi) is 6.85. The van der Waals surface area contributed by atoms with Crippen LogP contribution in [0.3, 0.4) is 0 Å². The Labute approximate surface area is 174 Å². The van der Waals surface area contributed by atoms with Crippen LogP contribution in [-0.2, 0) is 16.1 Å². The van der Waals surface area contributed by atoms with Gasteiger partial charge in [0.1, 0.15) is 17.1 Å². The number of carbonyl (C=O) groups is 2. The molecule has 1 amide bonds. The van der Waals surface area contributed by atoms with Gasteiger partial charge in [0.25, 0.3) is 5.91 Å². The second kappa shape index (κ2) is 9.54. The van der Waals surface area contributed by atoms with E-state index in [1.54, 1.807) is 13.2 Å². The third-order valence-corrected chi connectivity index (χ3v) is 5.42. The number of hydrogen-bond donors (Lipinski definition) is 2. The van der Waals surface area contributed by atoms with E-state index < -0.39 is 5.97 Å². The van der Waals surface area contributed by atoms with Crippen molar-refractivity contribution in [2.75, 3.05) is 25.5 Å². The number of hydrogen-bond acceptors (Lipinski definition) is 5. The summed E-state index contributed by atoms with van der Waals surface area (Å²) in [5, 5.41) is 3.44. The van der Waals surface area contributed by atoms with E-state index in [0.717, 1.165) is 26.7 Å². The van der Waals surface area contributed by atoms with Gasteiger partial charge in [-0.3, -0.25) is 4.79 Å². The van der Waals surface area contributed by atoms with Crippen LogP contribution in [0, 0.1) is 6.92 Å². The highest BCUT2D eigenvalue weighted by atomic mass is 32.1.